The summed E-state index contributed by atoms with van der Waals surface area (Å²) in [6.07, 6.45) is 2.22. The molecular formula is C27H36N2. The van der Waals surface area contributed by atoms with Crippen LogP contribution >= 0.6 is 0 Å². The second-order valence-corrected chi connectivity index (χ2v) is 8.94. The summed E-state index contributed by atoms with van der Waals surface area (Å²) < 4.78 is 2.40. The zero-order valence-electron chi connectivity index (χ0n) is 18.9. The van der Waals surface area contributed by atoms with Gasteiger partial charge in [-0.1, -0.05) is 67.4 Å². The number of hydrogen-bond acceptors (Lipinski definition) is 1. The van der Waals surface area contributed by atoms with Crippen molar-refractivity contribution < 1.29 is 0 Å². The SMILES string of the molecule is Cc1cccc(Cn2cccc2CN(Cc2cc(C)ccc2C)C(C)C(C)C)c1. The third kappa shape index (κ3) is 5.61. The number of nitrogens with zero attached hydrogens (tertiary/aromatic N) is 2. The molecule has 2 nitrogen and oxygen atoms in total. The van der Waals surface area contributed by atoms with Crippen LogP contribution in [-0.4, -0.2) is 15.5 Å². The van der Waals surface area contributed by atoms with Gasteiger partial charge in [0.05, 0.1) is 0 Å². The summed E-state index contributed by atoms with van der Waals surface area (Å²) in [4.78, 5) is 2.63. The lowest BCUT2D eigenvalue weighted by molar-refractivity contribution is 0.148. The highest BCUT2D eigenvalue weighted by Crippen LogP contribution is 2.21. The highest BCUT2D eigenvalue weighted by Gasteiger charge is 2.20. The van der Waals surface area contributed by atoms with Crippen molar-refractivity contribution in [2.24, 2.45) is 5.92 Å². The monoisotopic (exact) mass is 388 g/mol. The molecule has 0 amide bonds. The lowest BCUT2D eigenvalue weighted by Gasteiger charge is -2.33. The van der Waals surface area contributed by atoms with Crippen LogP contribution in [0.25, 0.3) is 0 Å². The van der Waals surface area contributed by atoms with Gasteiger partial charge in [-0.05, 0) is 62.4 Å². The Kier molecular flexibility index (Phi) is 6.97. The Balaban J connectivity index is 1.83. The van der Waals surface area contributed by atoms with Gasteiger partial charge in [-0.3, -0.25) is 4.90 Å². The number of aryl methyl sites for hydroxylation is 3. The van der Waals surface area contributed by atoms with Gasteiger partial charge in [0.25, 0.3) is 0 Å². The Hall–Kier alpha value is -2.32. The van der Waals surface area contributed by atoms with Crippen LogP contribution in [0.1, 0.15) is 54.3 Å². The molecule has 154 valence electrons. The van der Waals surface area contributed by atoms with Crippen LogP contribution < -0.4 is 0 Å². The predicted molar refractivity (Wildman–Crippen MR) is 124 cm³/mol. The first kappa shape index (κ1) is 21.4. The van der Waals surface area contributed by atoms with Crippen molar-refractivity contribution in [3.05, 3.63) is 94.3 Å². The summed E-state index contributed by atoms with van der Waals surface area (Å²) >= 11 is 0. The maximum Gasteiger partial charge on any atom is 0.0473 e. The standard InChI is InChI=1S/C27H36N2/c1-20(2)24(6)29(18-26-16-22(4)12-13-23(26)5)19-27-11-8-14-28(27)17-25-10-7-9-21(3)15-25/h7-16,20,24H,17-19H2,1-6H3. The predicted octanol–water partition coefficient (Wildman–Crippen LogP) is 6.51. The second kappa shape index (κ2) is 9.45. The average molecular weight is 389 g/mol. The number of benzene rings is 2. The van der Waals surface area contributed by atoms with Crippen molar-refractivity contribution in [2.45, 2.75) is 67.2 Å². The van der Waals surface area contributed by atoms with Crippen molar-refractivity contribution in [2.75, 3.05) is 0 Å². The van der Waals surface area contributed by atoms with Gasteiger partial charge < -0.3 is 4.57 Å². The molecule has 2 aromatic carbocycles. The highest BCUT2D eigenvalue weighted by molar-refractivity contribution is 5.30. The molecule has 0 aliphatic heterocycles. The normalized spacial score (nSPS) is 12.7. The van der Waals surface area contributed by atoms with Crippen LogP contribution in [-0.2, 0) is 19.6 Å². The van der Waals surface area contributed by atoms with Gasteiger partial charge in [-0.2, -0.15) is 0 Å². The van der Waals surface area contributed by atoms with Crippen molar-refractivity contribution >= 4 is 0 Å². The summed E-state index contributed by atoms with van der Waals surface area (Å²) in [6, 6.07) is 20.6. The van der Waals surface area contributed by atoms with E-state index in [1.54, 1.807) is 0 Å². The smallest absolute Gasteiger partial charge is 0.0473 e. The van der Waals surface area contributed by atoms with Crippen LogP contribution in [0.5, 0.6) is 0 Å². The number of rotatable bonds is 8. The maximum atomic E-state index is 2.63. The van der Waals surface area contributed by atoms with Crippen LogP contribution in [0.15, 0.2) is 60.8 Å². The van der Waals surface area contributed by atoms with Gasteiger partial charge in [-0.15, -0.1) is 0 Å². The second-order valence-electron chi connectivity index (χ2n) is 8.94. The molecule has 0 fully saturated rings. The van der Waals surface area contributed by atoms with Gasteiger partial charge in [0.1, 0.15) is 0 Å². The lowest BCUT2D eigenvalue weighted by Crippen LogP contribution is -2.36. The van der Waals surface area contributed by atoms with Gasteiger partial charge in [0.2, 0.25) is 0 Å². The Morgan fingerprint density at radius 1 is 0.828 bits per heavy atom. The Bertz CT molecular complexity index is 935. The minimum absolute atomic E-state index is 0.511. The van der Waals surface area contributed by atoms with Crippen molar-refractivity contribution in [3.8, 4) is 0 Å². The molecule has 1 atom stereocenters. The number of hydrogen-bond donors (Lipinski definition) is 0. The Labute approximate surface area is 177 Å². The highest BCUT2D eigenvalue weighted by atomic mass is 15.2. The molecule has 1 heterocycles. The molecule has 1 aromatic heterocycles. The van der Waals surface area contributed by atoms with Crippen LogP contribution in [0.4, 0.5) is 0 Å². The van der Waals surface area contributed by atoms with E-state index in [9.17, 15) is 0 Å². The first-order chi connectivity index (χ1) is 13.8. The van der Waals surface area contributed by atoms with E-state index >= 15 is 0 Å². The molecule has 1 unspecified atom stereocenters. The molecule has 0 spiro atoms. The summed E-state index contributed by atoms with van der Waals surface area (Å²) in [5.74, 6) is 0.611. The van der Waals surface area contributed by atoms with Gasteiger partial charge in [-0.25, -0.2) is 0 Å². The number of aromatic nitrogens is 1. The molecule has 0 radical (unpaired) electrons. The topological polar surface area (TPSA) is 8.17 Å². The van der Waals surface area contributed by atoms with E-state index in [0.29, 0.717) is 12.0 Å². The lowest BCUT2D eigenvalue weighted by atomic mass is 10.0. The van der Waals surface area contributed by atoms with E-state index < -0.39 is 0 Å². The summed E-state index contributed by atoms with van der Waals surface area (Å²) in [5.41, 5.74) is 8.22. The first-order valence-electron chi connectivity index (χ1n) is 10.8. The molecule has 0 saturated carbocycles. The van der Waals surface area contributed by atoms with Crippen molar-refractivity contribution in [3.63, 3.8) is 0 Å². The molecule has 0 saturated heterocycles. The average Bonchev–Trinajstić information content (AvgIpc) is 3.10. The molecule has 2 heteroatoms. The molecule has 29 heavy (non-hydrogen) atoms. The maximum absolute atomic E-state index is 2.63. The fourth-order valence-corrected chi connectivity index (χ4v) is 3.92. The molecule has 3 aromatic rings. The minimum Gasteiger partial charge on any atom is -0.346 e. The molecule has 0 aliphatic carbocycles. The largest absolute Gasteiger partial charge is 0.346 e. The molecule has 3 rings (SSSR count). The molecule has 0 N–H and O–H groups in total. The van der Waals surface area contributed by atoms with E-state index in [4.69, 9.17) is 0 Å². The first-order valence-corrected chi connectivity index (χ1v) is 10.8. The van der Waals surface area contributed by atoms with E-state index in [1.807, 2.05) is 0 Å². The van der Waals surface area contributed by atoms with Gasteiger partial charge >= 0.3 is 0 Å². The molecule has 0 aliphatic rings. The summed E-state index contributed by atoms with van der Waals surface area (Å²) in [6.45, 7) is 16.5. The summed E-state index contributed by atoms with van der Waals surface area (Å²) in [5, 5.41) is 0. The van der Waals surface area contributed by atoms with Crippen molar-refractivity contribution in [1.82, 2.24) is 9.47 Å². The quantitative estimate of drug-likeness (QED) is 0.427. The van der Waals surface area contributed by atoms with Gasteiger partial charge in [0.15, 0.2) is 0 Å². The Morgan fingerprint density at radius 2 is 1.59 bits per heavy atom. The minimum atomic E-state index is 0.511. The third-order valence-electron chi connectivity index (χ3n) is 6.14. The van der Waals surface area contributed by atoms with E-state index in [0.717, 1.165) is 19.6 Å². The zero-order chi connectivity index (χ0) is 21.0. The van der Waals surface area contributed by atoms with Gasteiger partial charge in [0, 0.05) is 37.6 Å². The molecule has 0 bridgehead atoms. The van der Waals surface area contributed by atoms with Crippen LogP contribution in [0.3, 0.4) is 0 Å². The zero-order valence-corrected chi connectivity index (χ0v) is 18.9. The summed E-state index contributed by atoms with van der Waals surface area (Å²) in [7, 11) is 0. The van der Waals surface area contributed by atoms with Crippen molar-refractivity contribution in [1.29, 1.82) is 0 Å². The van der Waals surface area contributed by atoms with E-state index in [-0.39, 0.29) is 0 Å². The fourth-order valence-electron chi connectivity index (χ4n) is 3.92. The van der Waals surface area contributed by atoms with E-state index in [2.05, 4.69) is 112 Å². The van der Waals surface area contributed by atoms with Crippen LogP contribution in [0, 0.1) is 26.7 Å². The van der Waals surface area contributed by atoms with E-state index in [1.165, 1.54) is 33.5 Å². The third-order valence-corrected chi connectivity index (χ3v) is 6.14. The molecular weight excluding hydrogens is 352 g/mol. The van der Waals surface area contributed by atoms with Crippen LogP contribution in [0.2, 0.25) is 0 Å². The Morgan fingerprint density at radius 3 is 2.31 bits per heavy atom. The fraction of sp³-hybridized carbons (Fsp3) is 0.407.